The van der Waals surface area contributed by atoms with Gasteiger partial charge in [-0.25, -0.2) is 8.42 Å². The summed E-state index contributed by atoms with van der Waals surface area (Å²) < 4.78 is 26.4. The number of sulfonamides is 1. The molecule has 0 spiro atoms. The Labute approximate surface area is 110 Å². The summed E-state index contributed by atoms with van der Waals surface area (Å²) in [6, 6.07) is 3.16. The minimum Gasteiger partial charge on any atom is -0.398 e. The molecule has 0 unspecified atom stereocenters. The minimum atomic E-state index is -3.51. The summed E-state index contributed by atoms with van der Waals surface area (Å²) in [5.74, 6) is 0. The molecule has 0 amide bonds. The zero-order valence-corrected chi connectivity index (χ0v) is 12.2. The number of nitrogen functional groups attached to an aromatic ring is 1. The second-order valence-corrected chi connectivity index (χ2v) is 6.58. The van der Waals surface area contributed by atoms with Gasteiger partial charge < -0.3 is 5.73 Å². The third-order valence-corrected chi connectivity index (χ3v) is 5.02. The van der Waals surface area contributed by atoms with Crippen LogP contribution in [0.2, 0.25) is 0 Å². The van der Waals surface area contributed by atoms with Crippen molar-refractivity contribution in [2.75, 3.05) is 19.3 Å². The van der Waals surface area contributed by atoms with Gasteiger partial charge in [0.2, 0.25) is 10.0 Å². The van der Waals surface area contributed by atoms with Crippen LogP contribution < -0.4 is 5.73 Å². The first-order valence-corrected chi connectivity index (χ1v) is 7.17. The Kier molecular flexibility index (Phi) is 4.35. The molecule has 1 aromatic carbocycles. The van der Waals surface area contributed by atoms with Gasteiger partial charge in [0.25, 0.3) is 0 Å². The Balaban J connectivity index is 3.34. The molecule has 94 valence electrons. The summed E-state index contributed by atoms with van der Waals surface area (Å²) in [7, 11) is -2.00. The average molecular weight is 319 g/mol. The van der Waals surface area contributed by atoms with Gasteiger partial charge in [0, 0.05) is 23.8 Å². The van der Waals surface area contributed by atoms with Gasteiger partial charge in [0.1, 0.15) is 0 Å². The van der Waals surface area contributed by atoms with Gasteiger partial charge >= 0.3 is 0 Å². The summed E-state index contributed by atoms with van der Waals surface area (Å²) in [5, 5.41) is 0. The SMILES string of the molecule is C=CCN(C)S(=O)(=O)c1cc(N)c(Br)cc1C. The van der Waals surface area contributed by atoms with Gasteiger partial charge in [-0.3, -0.25) is 0 Å². The van der Waals surface area contributed by atoms with E-state index in [0.29, 0.717) is 15.7 Å². The van der Waals surface area contributed by atoms with Gasteiger partial charge in [-0.2, -0.15) is 4.31 Å². The molecule has 0 bridgehead atoms. The topological polar surface area (TPSA) is 63.4 Å². The normalized spacial score (nSPS) is 11.8. The number of nitrogens with zero attached hydrogens (tertiary/aromatic N) is 1. The van der Waals surface area contributed by atoms with Crippen molar-refractivity contribution in [1.82, 2.24) is 4.31 Å². The molecule has 6 heteroatoms. The van der Waals surface area contributed by atoms with Crippen molar-refractivity contribution in [3.05, 3.63) is 34.8 Å². The molecule has 17 heavy (non-hydrogen) atoms. The number of likely N-dealkylation sites (N-methyl/N-ethyl adjacent to an activating group) is 1. The fourth-order valence-corrected chi connectivity index (χ4v) is 3.23. The van der Waals surface area contributed by atoms with Crippen LogP contribution in [0.3, 0.4) is 0 Å². The van der Waals surface area contributed by atoms with E-state index in [-0.39, 0.29) is 11.4 Å². The van der Waals surface area contributed by atoms with E-state index in [9.17, 15) is 8.42 Å². The van der Waals surface area contributed by atoms with Crippen LogP contribution in [0, 0.1) is 6.92 Å². The lowest BCUT2D eigenvalue weighted by Gasteiger charge is -2.17. The van der Waals surface area contributed by atoms with Crippen molar-refractivity contribution in [3.63, 3.8) is 0 Å². The molecule has 0 fully saturated rings. The maximum absolute atomic E-state index is 12.2. The molecule has 0 saturated carbocycles. The van der Waals surface area contributed by atoms with E-state index >= 15 is 0 Å². The van der Waals surface area contributed by atoms with E-state index in [1.807, 2.05) is 0 Å². The Morgan fingerprint density at radius 1 is 1.53 bits per heavy atom. The number of benzene rings is 1. The van der Waals surface area contributed by atoms with E-state index in [2.05, 4.69) is 22.5 Å². The Hall–Kier alpha value is -0.850. The predicted octanol–water partition coefficient (Wildman–Crippen LogP) is 2.15. The lowest BCUT2D eigenvalue weighted by Crippen LogP contribution is -2.27. The molecule has 4 nitrogen and oxygen atoms in total. The summed E-state index contributed by atoms with van der Waals surface area (Å²) in [6.07, 6.45) is 1.54. The minimum absolute atomic E-state index is 0.225. The van der Waals surface area contributed by atoms with Crippen molar-refractivity contribution in [1.29, 1.82) is 0 Å². The number of halogens is 1. The van der Waals surface area contributed by atoms with E-state index < -0.39 is 10.0 Å². The second kappa shape index (κ2) is 5.20. The van der Waals surface area contributed by atoms with Crippen molar-refractivity contribution < 1.29 is 8.42 Å². The maximum Gasteiger partial charge on any atom is 0.243 e. The highest BCUT2D eigenvalue weighted by molar-refractivity contribution is 9.10. The fraction of sp³-hybridized carbons (Fsp3) is 0.273. The maximum atomic E-state index is 12.2. The van der Waals surface area contributed by atoms with Crippen LogP contribution in [0.1, 0.15) is 5.56 Å². The smallest absolute Gasteiger partial charge is 0.243 e. The third kappa shape index (κ3) is 2.88. The lowest BCUT2D eigenvalue weighted by atomic mass is 10.2. The zero-order valence-electron chi connectivity index (χ0n) is 9.77. The monoisotopic (exact) mass is 318 g/mol. The van der Waals surface area contributed by atoms with Gasteiger partial charge in [-0.1, -0.05) is 6.08 Å². The van der Waals surface area contributed by atoms with Crippen LogP contribution in [0.4, 0.5) is 5.69 Å². The number of nitrogens with two attached hydrogens (primary N) is 1. The molecule has 0 aromatic heterocycles. The molecular formula is C11H15BrN2O2S. The fourth-order valence-electron chi connectivity index (χ4n) is 1.39. The van der Waals surface area contributed by atoms with E-state index in [4.69, 9.17) is 5.73 Å². The Bertz CT molecular complexity index is 541. The number of hydrogen-bond acceptors (Lipinski definition) is 3. The molecule has 0 saturated heterocycles. The highest BCUT2D eigenvalue weighted by Crippen LogP contribution is 2.28. The molecular weight excluding hydrogens is 304 g/mol. The highest BCUT2D eigenvalue weighted by Gasteiger charge is 2.22. The number of aryl methyl sites for hydroxylation is 1. The number of rotatable bonds is 4. The van der Waals surface area contributed by atoms with Crippen molar-refractivity contribution in [2.24, 2.45) is 0 Å². The van der Waals surface area contributed by atoms with Crippen molar-refractivity contribution in [3.8, 4) is 0 Å². The first-order chi connectivity index (χ1) is 7.80. The molecule has 0 aliphatic carbocycles. The van der Waals surface area contributed by atoms with Crippen LogP contribution >= 0.6 is 15.9 Å². The largest absolute Gasteiger partial charge is 0.398 e. The summed E-state index contributed by atoms with van der Waals surface area (Å²) in [5.41, 5.74) is 6.77. The van der Waals surface area contributed by atoms with Crippen LogP contribution in [-0.2, 0) is 10.0 Å². The van der Waals surface area contributed by atoms with Crippen molar-refractivity contribution >= 4 is 31.6 Å². The third-order valence-electron chi connectivity index (χ3n) is 2.37. The van der Waals surface area contributed by atoms with Crippen LogP contribution in [0.25, 0.3) is 0 Å². The van der Waals surface area contributed by atoms with E-state index in [1.54, 1.807) is 13.0 Å². The van der Waals surface area contributed by atoms with Gasteiger partial charge in [-0.15, -0.1) is 6.58 Å². The molecule has 2 N–H and O–H groups in total. The number of hydrogen-bond donors (Lipinski definition) is 1. The summed E-state index contributed by atoms with van der Waals surface area (Å²) >= 11 is 3.27. The van der Waals surface area contributed by atoms with Gasteiger partial charge in [0.15, 0.2) is 0 Å². The summed E-state index contributed by atoms with van der Waals surface area (Å²) in [4.78, 5) is 0.225. The average Bonchev–Trinajstić information content (AvgIpc) is 2.23. The van der Waals surface area contributed by atoms with E-state index in [1.165, 1.54) is 23.5 Å². The summed E-state index contributed by atoms with van der Waals surface area (Å²) in [6.45, 7) is 5.52. The Morgan fingerprint density at radius 2 is 2.12 bits per heavy atom. The molecule has 0 atom stereocenters. The first kappa shape index (κ1) is 14.2. The number of anilines is 1. The molecule has 0 heterocycles. The van der Waals surface area contributed by atoms with Crippen molar-refractivity contribution in [2.45, 2.75) is 11.8 Å². The molecule has 1 aromatic rings. The van der Waals surface area contributed by atoms with Gasteiger partial charge in [0.05, 0.1) is 4.90 Å². The molecule has 0 aliphatic heterocycles. The second-order valence-electron chi connectivity index (χ2n) is 3.71. The standard InChI is InChI=1S/C11H15BrN2O2S/c1-4-5-14(3)17(15,16)11-7-10(13)9(12)6-8(11)2/h4,6-7H,1,5,13H2,2-3H3. The van der Waals surface area contributed by atoms with Crippen LogP contribution in [0.15, 0.2) is 34.2 Å². The Morgan fingerprint density at radius 3 is 2.65 bits per heavy atom. The lowest BCUT2D eigenvalue weighted by molar-refractivity contribution is 0.499. The predicted molar refractivity (Wildman–Crippen MR) is 73.3 cm³/mol. The highest BCUT2D eigenvalue weighted by atomic mass is 79.9. The van der Waals surface area contributed by atoms with Crippen LogP contribution in [-0.4, -0.2) is 26.3 Å². The van der Waals surface area contributed by atoms with E-state index in [0.717, 1.165) is 0 Å². The molecule has 0 radical (unpaired) electrons. The first-order valence-electron chi connectivity index (χ1n) is 4.93. The van der Waals surface area contributed by atoms with Crippen LogP contribution in [0.5, 0.6) is 0 Å². The van der Waals surface area contributed by atoms with Gasteiger partial charge in [-0.05, 0) is 40.5 Å². The molecule has 0 aliphatic rings. The quantitative estimate of drug-likeness (QED) is 0.683. The molecule has 1 rings (SSSR count). The zero-order chi connectivity index (χ0) is 13.2.